The second-order valence-electron chi connectivity index (χ2n) is 7.06. The molecule has 10 heteroatoms. The van der Waals surface area contributed by atoms with Crippen LogP contribution in [0.3, 0.4) is 0 Å². The zero-order valence-electron chi connectivity index (χ0n) is 17.6. The lowest BCUT2D eigenvalue weighted by Crippen LogP contribution is -2.41. The zero-order valence-corrected chi connectivity index (χ0v) is 21.6. The van der Waals surface area contributed by atoms with Crippen molar-refractivity contribution in [3.05, 3.63) is 17.0 Å². The van der Waals surface area contributed by atoms with Crippen LogP contribution in [-0.2, 0) is 21.3 Å². The molecular weight excluding hydrogens is 523 g/mol. The van der Waals surface area contributed by atoms with Crippen LogP contribution in [-0.4, -0.2) is 58.1 Å². The van der Waals surface area contributed by atoms with E-state index < -0.39 is 10.0 Å². The average molecular weight is 559 g/mol. The molecule has 0 aliphatic carbocycles. The van der Waals surface area contributed by atoms with E-state index >= 15 is 0 Å². The van der Waals surface area contributed by atoms with Crippen LogP contribution in [0, 0.1) is 0 Å². The number of guanidine groups is 1. The maximum Gasteiger partial charge on any atom is 0.252 e. The number of morpholine rings is 1. The van der Waals surface area contributed by atoms with Crippen LogP contribution in [0.1, 0.15) is 50.8 Å². The minimum absolute atomic E-state index is 0. The van der Waals surface area contributed by atoms with Gasteiger partial charge in [0.05, 0.1) is 19.8 Å². The summed E-state index contributed by atoms with van der Waals surface area (Å²) in [6, 6.07) is 3.91. The number of halogens is 1. The predicted octanol–water partition coefficient (Wildman–Crippen LogP) is 3.41. The Bertz CT molecular complexity index is 719. The summed E-state index contributed by atoms with van der Waals surface area (Å²) in [5.41, 5.74) is 0. The van der Waals surface area contributed by atoms with Gasteiger partial charge < -0.3 is 15.4 Å². The number of nitrogens with one attached hydrogen (secondary N) is 2. The summed E-state index contributed by atoms with van der Waals surface area (Å²) < 4.78 is 32.6. The monoisotopic (exact) mass is 558 g/mol. The number of unbranched alkanes of at least 4 members (excludes halogenated alkanes) is 3. The lowest BCUT2D eigenvalue weighted by Gasteiger charge is -2.25. The summed E-state index contributed by atoms with van der Waals surface area (Å²) in [4.78, 5) is 5.24. The summed E-state index contributed by atoms with van der Waals surface area (Å²) >= 11 is 1.31. The molecule has 0 amide bonds. The molecule has 2 heterocycles. The highest BCUT2D eigenvalue weighted by molar-refractivity contribution is 14.0. The fourth-order valence-corrected chi connectivity index (χ4v) is 5.91. The Labute approximate surface area is 196 Å². The number of sulfonamides is 1. The van der Waals surface area contributed by atoms with Crippen LogP contribution in [0.5, 0.6) is 0 Å². The fraction of sp³-hybridized carbons (Fsp3) is 0.737. The Morgan fingerprint density at radius 3 is 2.66 bits per heavy atom. The van der Waals surface area contributed by atoms with E-state index in [1.807, 2.05) is 6.07 Å². The third-order valence-electron chi connectivity index (χ3n) is 4.73. The first-order valence-electron chi connectivity index (χ1n) is 10.1. The molecule has 1 fully saturated rings. The molecule has 0 aromatic carbocycles. The van der Waals surface area contributed by atoms with Gasteiger partial charge in [0.2, 0.25) is 0 Å². The summed E-state index contributed by atoms with van der Waals surface area (Å²) in [5.74, 6) is 0.744. The van der Waals surface area contributed by atoms with Crippen LogP contribution >= 0.6 is 35.3 Å². The average Bonchev–Trinajstić information content (AvgIpc) is 3.19. The van der Waals surface area contributed by atoms with E-state index in [4.69, 9.17) is 4.74 Å². The smallest absolute Gasteiger partial charge is 0.252 e. The highest BCUT2D eigenvalue weighted by Gasteiger charge is 2.27. The van der Waals surface area contributed by atoms with Gasteiger partial charge in [-0.1, -0.05) is 32.6 Å². The van der Waals surface area contributed by atoms with E-state index in [9.17, 15) is 8.42 Å². The van der Waals surface area contributed by atoms with Gasteiger partial charge in [0.15, 0.2) is 5.96 Å². The highest BCUT2D eigenvalue weighted by Crippen LogP contribution is 2.25. The van der Waals surface area contributed by atoms with Gasteiger partial charge in [-0.25, -0.2) is 8.42 Å². The van der Waals surface area contributed by atoms with Crippen molar-refractivity contribution in [3.8, 4) is 0 Å². The van der Waals surface area contributed by atoms with Crippen molar-refractivity contribution in [2.45, 2.75) is 62.7 Å². The number of rotatable bonds is 10. The standard InChI is InChI=1S/C19H34N4O3S2.HI/c1-4-5-6-7-8-16(2)22-19(20-3)21-15-17-9-10-18(27-17)28(24,25)23-11-13-26-14-12-23;/h9-10,16H,4-8,11-15H2,1-3H3,(H2,20,21,22);1H. The molecule has 1 aliphatic heterocycles. The Kier molecular flexibility index (Phi) is 12.7. The Hall–Kier alpha value is -0.430. The van der Waals surface area contributed by atoms with Gasteiger partial charge in [-0.15, -0.1) is 35.3 Å². The van der Waals surface area contributed by atoms with Gasteiger partial charge >= 0.3 is 0 Å². The summed E-state index contributed by atoms with van der Waals surface area (Å²) in [7, 11) is -1.67. The van der Waals surface area contributed by atoms with E-state index in [0.29, 0.717) is 43.1 Å². The molecule has 7 nitrogen and oxygen atoms in total. The zero-order chi connectivity index (χ0) is 20.4. The Morgan fingerprint density at radius 1 is 1.28 bits per heavy atom. The maximum atomic E-state index is 12.7. The first-order valence-corrected chi connectivity index (χ1v) is 12.4. The van der Waals surface area contributed by atoms with Crippen LogP contribution in [0.15, 0.2) is 21.3 Å². The topological polar surface area (TPSA) is 83.0 Å². The second kappa shape index (κ2) is 13.8. The fourth-order valence-electron chi connectivity index (χ4n) is 3.05. The van der Waals surface area contributed by atoms with Gasteiger partial charge in [0.1, 0.15) is 4.21 Å². The Morgan fingerprint density at radius 2 is 2.00 bits per heavy atom. The molecule has 1 unspecified atom stereocenters. The van der Waals surface area contributed by atoms with Crippen molar-refractivity contribution >= 4 is 51.3 Å². The number of hydrogen-bond acceptors (Lipinski definition) is 5. The van der Waals surface area contributed by atoms with Crippen molar-refractivity contribution in [1.29, 1.82) is 0 Å². The van der Waals surface area contributed by atoms with Crippen LogP contribution < -0.4 is 10.6 Å². The highest BCUT2D eigenvalue weighted by atomic mass is 127. The number of nitrogens with zero attached hydrogens (tertiary/aromatic N) is 2. The van der Waals surface area contributed by atoms with Crippen molar-refractivity contribution in [3.63, 3.8) is 0 Å². The first kappa shape index (κ1) is 26.6. The van der Waals surface area contributed by atoms with Gasteiger partial charge in [-0.3, -0.25) is 4.99 Å². The van der Waals surface area contributed by atoms with E-state index in [1.54, 1.807) is 13.1 Å². The minimum atomic E-state index is -3.42. The van der Waals surface area contributed by atoms with Crippen molar-refractivity contribution in [1.82, 2.24) is 14.9 Å². The molecule has 0 saturated carbocycles. The van der Waals surface area contributed by atoms with Crippen LogP contribution in [0.4, 0.5) is 0 Å². The largest absolute Gasteiger partial charge is 0.379 e. The molecule has 168 valence electrons. The van der Waals surface area contributed by atoms with Gasteiger partial charge in [-0.05, 0) is 25.5 Å². The number of thiophene rings is 1. The molecule has 1 aromatic rings. The number of ether oxygens (including phenoxy) is 1. The molecule has 0 spiro atoms. The number of aliphatic imine (C=N–C) groups is 1. The van der Waals surface area contributed by atoms with Crippen molar-refractivity contribution in [2.24, 2.45) is 4.99 Å². The normalized spacial score (nSPS) is 16.9. The summed E-state index contributed by atoms with van der Waals surface area (Å²) in [6.45, 7) is 6.68. The molecule has 1 aliphatic rings. The summed E-state index contributed by atoms with van der Waals surface area (Å²) in [6.07, 6.45) is 6.13. The van der Waals surface area contributed by atoms with E-state index in [0.717, 1.165) is 17.3 Å². The second-order valence-corrected chi connectivity index (χ2v) is 10.4. The lowest BCUT2D eigenvalue weighted by atomic mass is 10.1. The number of hydrogen-bond donors (Lipinski definition) is 2. The van der Waals surface area contributed by atoms with Crippen LogP contribution in [0.25, 0.3) is 0 Å². The minimum Gasteiger partial charge on any atom is -0.379 e. The predicted molar refractivity (Wildman–Crippen MR) is 131 cm³/mol. The molecule has 1 aromatic heterocycles. The molecule has 29 heavy (non-hydrogen) atoms. The third kappa shape index (κ3) is 8.68. The first-order chi connectivity index (χ1) is 13.5. The van der Waals surface area contributed by atoms with E-state index in [1.165, 1.54) is 41.3 Å². The molecule has 1 saturated heterocycles. The molecule has 1 atom stereocenters. The molecule has 0 radical (unpaired) electrons. The SMILES string of the molecule is CCCCCCC(C)NC(=NC)NCc1ccc(S(=O)(=O)N2CCOCC2)s1.I. The van der Waals surface area contributed by atoms with Crippen molar-refractivity contribution < 1.29 is 13.2 Å². The molecule has 0 bridgehead atoms. The quantitative estimate of drug-likeness (QED) is 0.199. The van der Waals surface area contributed by atoms with Gasteiger partial charge in [0.25, 0.3) is 10.0 Å². The van der Waals surface area contributed by atoms with E-state index in [-0.39, 0.29) is 24.0 Å². The molecule has 2 N–H and O–H groups in total. The third-order valence-corrected chi connectivity index (χ3v) is 8.18. The van der Waals surface area contributed by atoms with E-state index in [2.05, 4.69) is 29.5 Å². The van der Waals surface area contributed by atoms with Crippen LogP contribution in [0.2, 0.25) is 0 Å². The lowest BCUT2D eigenvalue weighted by molar-refractivity contribution is 0.0731. The summed E-state index contributed by atoms with van der Waals surface area (Å²) in [5, 5.41) is 6.69. The van der Waals surface area contributed by atoms with Crippen molar-refractivity contribution in [2.75, 3.05) is 33.4 Å². The Balaban J connectivity index is 0.00000420. The maximum absolute atomic E-state index is 12.7. The van der Waals surface area contributed by atoms with Gasteiger partial charge in [0, 0.05) is 31.1 Å². The van der Waals surface area contributed by atoms with Gasteiger partial charge in [-0.2, -0.15) is 4.31 Å². The molecular formula is C19H35IN4O3S2. The molecule has 2 rings (SSSR count).